The van der Waals surface area contributed by atoms with Crippen molar-refractivity contribution < 1.29 is 13.2 Å². The second-order valence-corrected chi connectivity index (χ2v) is 6.97. The van der Waals surface area contributed by atoms with Crippen molar-refractivity contribution in [2.45, 2.75) is 30.3 Å². The predicted octanol–water partition coefficient (Wildman–Crippen LogP) is 1.54. The highest BCUT2D eigenvalue weighted by Crippen LogP contribution is 2.21. The third-order valence-electron chi connectivity index (χ3n) is 3.32. The molecule has 1 N–H and O–H groups in total. The van der Waals surface area contributed by atoms with Gasteiger partial charge < -0.3 is 4.74 Å². The van der Waals surface area contributed by atoms with E-state index in [9.17, 15) is 8.42 Å². The van der Waals surface area contributed by atoms with Crippen LogP contribution in [0, 0.1) is 0 Å². The van der Waals surface area contributed by atoms with Gasteiger partial charge in [-0.3, -0.25) is 0 Å². The van der Waals surface area contributed by atoms with Crippen molar-refractivity contribution in [1.82, 2.24) is 13.5 Å². The van der Waals surface area contributed by atoms with Gasteiger partial charge in [-0.05, 0) is 31.4 Å². The number of fused-ring (bicyclic) bond motifs is 1. The van der Waals surface area contributed by atoms with E-state index in [1.54, 1.807) is 18.2 Å². The second-order valence-electron chi connectivity index (χ2n) is 4.71. The van der Waals surface area contributed by atoms with Gasteiger partial charge in [-0.15, -0.1) is 0 Å². The van der Waals surface area contributed by atoms with Crippen molar-refractivity contribution in [3.05, 3.63) is 18.2 Å². The van der Waals surface area contributed by atoms with E-state index in [1.807, 2.05) is 0 Å². The Morgan fingerprint density at radius 3 is 3.10 bits per heavy atom. The Kier molecular flexibility index (Phi) is 3.97. The van der Waals surface area contributed by atoms with E-state index in [2.05, 4.69) is 13.5 Å². The molecule has 1 saturated heterocycles. The van der Waals surface area contributed by atoms with Crippen molar-refractivity contribution in [2.24, 2.45) is 0 Å². The van der Waals surface area contributed by atoms with Crippen LogP contribution in [0.5, 0.6) is 0 Å². The first kappa shape index (κ1) is 13.9. The molecule has 8 heteroatoms. The van der Waals surface area contributed by atoms with Crippen LogP contribution in [0.25, 0.3) is 11.0 Å². The monoisotopic (exact) mass is 313 g/mol. The van der Waals surface area contributed by atoms with E-state index in [1.165, 1.54) is 0 Å². The lowest BCUT2D eigenvalue weighted by Gasteiger charge is -2.10. The number of rotatable bonds is 5. The molecule has 0 unspecified atom stereocenters. The number of benzene rings is 1. The molecule has 1 aliphatic rings. The number of nitrogens with one attached hydrogen (secondary N) is 1. The Morgan fingerprint density at radius 1 is 1.40 bits per heavy atom. The molecule has 108 valence electrons. The molecule has 1 aromatic carbocycles. The maximum absolute atomic E-state index is 12.3. The normalized spacial score (nSPS) is 19.7. The zero-order valence-electron chi connectivity index (χ0n) is 10.8. The predicted molar refractivity (Wildman–Crippen MR) is 76.2 cm³/mol. The molecule has 20 heavy (non-hydrogen) atoms. The van der Waals surface area contributed by atoms with E-state index in [0.717, 1.165) is 31.2 Å². The molecule has 6 nitrogen and oxygen atoms in total. The average molecular weight is 313 g/mol. The fraction of sp³-hybridized carbons (Fsp3) is 0.500. The third-order valence-corrected chi connectivity index (χ3v) is 5.36. The van der Waals surface area contributed by atoms with E-state index >= 15 is 0 Å². The molecular weight excluding hydrogens is 298 g/mol. The molecule has 0 aliphatic carbocycles. The molecule has 1 aromatic heterocycles. The summed E-state index contributed by atoms with van der Waals surface area (Å²) in [4.78, 5) is 0.191. The lowest BCUT2D eigenvalue weighted by atomic mass is 10.2. The Balaban J connectivity index is 1.72. The number of aromatic nitrogens is 2. The first-order valence-corrected chi connectivity index (χ1v) is 8.71. The molecular formula is C12H15N3O3S2. The van der Waals surface area contributed by atoms with Crippen LogP contribution < -0.4 is 4.72 Å². The molecule has 0 spiro atoms. The van der Waals surface area contributed by atoms with Crippen molar-refractivity contribution >= 4 is 32.8 Å². The van der Waals surface area contributed by atoms with Crippen molar-refractivity contribution in [3.8, 4) is 0 Å². The molecule has 0 saturated carbocycles. The standard InChI is InChI=1S/C12H15N3O3S2/c16-20(17,13-7-6-9-3-2-8-18-9)11-5-1-4-10-12(11)15-19-14-10/h1,4-5,9,13H,2-3,6-8H2/t9-/m1/s1. The highest BCUT2D eigenvalue weighted by Gasteiger charge is 2.21. The summed E-state index contributed by atoms with van der Waals surface area (Å²) in [6.07, 6.45) is 2.94. The summed E-state index contributed by atoms with van der Waals surface area (Å²) in [6.45, 7) is 1.15. The second kappa shape index (κ2) is 5.72. The number of ether oxygens (including phenoxy) is 1. The minimum atomic E-state index is -3.55. The molecule has 0 radical (unpaired) electrons. The summed E-state index contributed by atoms with van der Waals surface area (Å²) < 4.78 is 40.8. The van der Waals surface area contributed by atoms with Crippen molar-refractivity contribution in [1.29, 1.82) is 0 Å². The quantitative estimate of drug-likeness (QED) is 0.905. The fourth-order valence-corrected chi connectivity index (χ4v) is 4.11. The van der Waals surface area contributed by atoms with E-state index in [-0.39, 0.29) is 11.0 Å². The number of sulfonamides is 1. The van der Waals surface area contributed by atoms with Gasteiger partial charge in [0.15, 0.2) is 0 Å². The minimum absolute atomic E-state index is 0.175. The minimum Gasteiger partial charge on any atom is -0.378 e. The Hall–Kier alpha value is -1.09. The van der Waals surface area contributed by atoms with Gasteiger partial charge >= 0.3 is 0 Å². The lowest BCUT2D eigenvalue weighted by Crippen LogP contribution is -2.27. The first-order chi connectivity index (χ1) is 9.67. The number of hydrogen-bond donors (Lipinski definition) is 1. The van der Waals surface area contributed by atoms with Gasteiger partial charge in [-0.2, -0.15) is 8.75 Å². The van der Waals surface area contributed by atoms with Crippen LogP contribution in [0.4, 0.5) is 0 Å². The molecule has 0 amide bonds. The third kappa shape index (κ3) is 2.83. The van der Waals surface area contributed by atoms with Gasteiger partial charge in [0.25, 0.3) is 0 Å². The molecule has 1 atom stereocenters. The molecule has 2 heterocycles. The van der Waals surface area contributed by atoms with Crippen LogP contribution >= 0.6 is 11.7 Å². The van der Waals surface area contributed by atoms with Crippen LogP contribution in [-0.4, -0.2) is 36.4 Å². The Bertz CT molecular complexity index is 693. The summed E-state index contributed by atoms with van der Waals surface area (Å²) in [6, 6.07) is 4.99. The van der Waals surface area contributed by atoms with Crippen LogP contribution in [-0.2, 0) is 14.8 Å². The first-order valence-electron chi connectivity index (χ1n) is 6.49. The Labute approximate surface area is 121 Å². The van der Waals surface area contributed by atoms with Crippen molar-refractivity contribution in [3.63, 3.8) is 0 Å². The van der Waals surface area contributed by atoms with Crippen LogP contribution in [0.3, 0.4) is 0 Å². The molecule has 1 aliphatic heterocycles. The van der Waals surface area contributed by atoms with E-state index < -0.39 is 10.0 Å². The smallest absolute Gasteiger partial charge is 0.242 e. The molecule has 2 aromatic rings. The Morgan fingerprint density at radius 2 is 2.30 bits per heavy atom. The number of hydrogen-bond acceptors (Lipinski definition) is 6. The summed E-state index contributed by atoms with van der Waals surface area (Å²) in [5, 5.41) is 0. The van der Waals surface area contributed by atoms with Crippen molar-refractivity contribution in [2.75, 3.05) is 13.2 Å². The lowest BCUT2D eigenvalue weighted by molar-refractivity contribution is 0.105. The summed E-state index contributed by atoms with van der Waals surface area (Å²) in [5.41, 5.74) is 1.04. The largest absolute Gasteiger partial charge is 0.378 e. The summed E-state index contributed by atoms with van der Waals surface area (Å²) in [5.74, 6) is 0. The number of nitrogens with zero attached hydrogens (tertiary/aromatic N) is 2. The van der Waals surface area contributed by atoms with Gasteiger partial charge in [0, 0.05) is 13.2 Å². The van der Waals surface area contributed by atoms with Crippen LogP contribution in [0.1, 0.15) is 19.3 Å². The SMILES string of the molecule is O=S(=O)(NCC[C@H]1CCCO1)c1cccc2nsnc12. The maximum Gasteiger partial charge on any atom is 0.242 e. The maximum atomic E-state index is 12.3. The highest BCUT2D eigenvalue weighted by molar-refractivity contribution is 7.89. The highest BCUT2D eigenvalue weighted by atomic mass is 32.2. The zero-order valence-corrected chi connectivity index (χ0v) is 12.4. The van der Waals surface area contributed by atoms with E-state index in [4.69, 9.17) is 4.74 Å². The molecule has 1 fully saturated rings. The van der Waals surface area contributed by atoms with Crippen LogP contribution in [0.15, 0.2) is 23.1 Å². The van der Waals surface area contributed by atoms with E-state index in [0.29, 0.717) is 24.0 Å². The van der Waals surface area contributed by atoms with Gasteiger partial charge in [-0.1, -0.05) is 6.07 Å². The van der Waals surface area contributed by atoms with Gasteiger partial charge in [0.05, 0.1) is 17.8 Å². The van der Waals surface area contributed by atoms with Gasteiger partial charge in [-0.25, -0.2) is 13.1 Å². The topological polar surface area (TPSA) is 81.2 Å². The fourth-order valence-electron chi connectivity index (χ4n) is 2.30. The molecule has 0 bridgehead atoms. The zero-order chi connectivity index (χ0) is 14.0. The summed E-state index contributed by atoms with van der Waals surface area (Å²) >= 11 is 1.02. The van der Waals surface area contributed by atoms with Gasteiger partial charge in [0.1, 0.15) is 15.9 Å². The molecule has 3 rings (SSSR count). The average Bonchev–Trinajstić information content (AvgIpc) is 3.08. The van der Waals surface area contributed by atoms with Gasteiger partial charge in [0.2, 0.25) is 10.0 Å². The van der Waals surface area contributed by atoms with Crippen LogP contribution in [0.2, 0.25) is 0 Å². The summed E-state index contributed by atoms with van der Waals surface area (Å²) in [7, 11) is -3.55.